The summed E-state index contributed by atoms with van der Waals surface area (Å²) in [7, 11) is 1.62. The fraction of sp³-hybridized carbons (Fsp3) is 0.200. The molecule has 1 aromatic carbocycles. The number of benzene rings is 1. The Kier molecular flexibility index (Phi) is 5.09. The fourth-order valence-corrected chi connectivity index (χ4v) is 1.94. The lowest BCUT2D eigenvalue weighted by Crippen LogP contribution is -1.96. The van der Waals surface area contributed by atoms with Crippen LogP contribution >= 0.6 is 11.6 Å². The number of ether oxygens (including phenoxy) is 2. The molecule has 0 atom stereocenters. The quantitative estimate of drug-likeness (QED) is 0.464. The van der Waals surface area contributed by atoms with E-state index in [4.69, 9.17) is 21.1 Å². The maximum Gasteiger partial charge on any atom is 0.222 e. The first-order valence-corrected chi connectivity index (χ1v) is 6.47. The zero-order valence-electron chi connectivity index (χ0n) is 11.2. The maximum atomic E-state index is 5.83. The van der Waals surface area contributed by atoms with Crippen molar-refractivity contribution in [3.05, 3.63) is 54.0 Å². The molecule has 1 heterocycles. The first-order chi connectivity index (χ1) is 9.74. The molecule has 0 aliphatic heterocycles. The molecule has 0 saturated heterocycles. The molecule has 0 N–H and O–H groups in total. The zero-order chi connectivity index (χ0) is 14.4. The van der Waals surface area contributed by atoms with Gasteiger partial charge in [0.05, 0.1) is 26.0 Å². The van der Waals surface area contributed by atoms with Crippen LogP contribution in [0.15, 0.2) is 43.1 Å². The number of halogens is 1. The van der Waals surface area contributed by atoms with Crippen LogP contribution < -0.4 is 4.74 Å². The van der Waals surface area contributed by atoms with Crippen molar-refractivity contribution in [3.8, 4) is 17.0 Å². The molecule has 104 valence electrons. The minimum atomic E-state index is 0.206. The Bertz CT molecular complexity index is 602. The van der Waals surface area contributed by atoms with Crippen LogP contribution in [0.3, 0.4) is 0 Å². The molecule has 0 aliphatic carbocycles. The van der Waals surface area contributed by atoms with Gasteiger partial charge < -0.3 is 9.47 Å². The monoisotopic (exact) mass is 290 g/mol. The van der Waals surface area contributed by atoms with Gasteiger partial charge in [-0.1, -0.05) is 12.1 Å². The van der Waals surface area contributed by atoms with E-state index in [2.05, 4.69) is 16.5 Å². The Morgan fingerprint density at radius 1 is 1.35 bits per heavy atom. The topological polar surface area (TPSA) is 44.2 Å². The van der Waals surface area contributed by atoms with Gasteiger partial charge in [0, 0.05) is 11.8 Å². The van der Waals surface area contributed by atoms with E-state index < -0.39 is 0 Å². The molecule has 0 unspecified atom stereocenters. The summed E-state index contributed by atoms with van der Waals surface area (Å²) in [6.45, 7) is 4.63. The summed E-state index contributed by atoms with van der Waals surface area (Å²) >= 11 is 5.83. The highest BCUT2D eigenvalue weighted by atomic mass is 35.5. The van der Waals surface area contributed by atoms with Crippen LogP contribution in [0.25, 0.3) is 11.3 Å². The lowest BCUT2D eigenvalue weighted by atomic mass is 10.1. The SMILES string of the molecule is C=CCOCc1ccc(OC)c(-c2ccnc(Cl)n2)c1. The fourth-order valence-electron chi connectivity index (χ4n) is 1.79. The molecule has 2 aromatic rings. The standard InChI is InChI=1S/C15H15ClN2O2/c1-3-8-20-10-11-4-5-14(19-2)12(9-11)13-6-7-17-15(16)18-13/h3-7,9H,1,8,10H2,2H3. The molecule has 4 nitrogen and oxygen atoms in total. The van der Waals surface area contributed by atoms with Crippen molar-refractivity contribution in [1.29, 1.82) is 0 Å². The van der Waals surface area contributed by atoms with Crippen LogP contribution in [0.5, 0.6) is 5.75 Å². The van der Waals surface area contributed by atoms with E-state index in [1.54, 1.807) is 25.4 Å². The number of methoxy groups -OCH3 is 1. The van der Waals surface area contributed by atoms with Crippen molar-refractivity contribution in [2.45, 2.75) is 6.61 Å². The summed E-state index contributed by atoms with van der Waals surface area (Å²) in [6, 6.07) is 7.60. The van der Waals surface area contributed by atoms with Crippen LogP contribution in [-0.2, 0) is 11.3 Å². The van der Waals surface area contributed by atoms with E-state index in [9.17, 15) is 0 Å². The highest BCUT2D eigenvalue weighted by molar-refractivity contribution is 6.28. The average Bonchev–Trinajstić information content (AvgIpc) is 2.47. The number of nitrogens with zero attached hydrogens (tertiary/aromatic N) is 2. The molecule has 5 heteroatoms. The lowest BCUT2D eigenvalue weighted by molar-refractivity contribution is 0.149. The van der Waals surface area contributed by atoms with Crippen LogP contribution in [0.1, 0.15) is 5.56 Å². The summed E-state index contributed by atoms with van der Waals surface area (Å²) in [5, 5.41) is 0.206. The smallest absolute Gasteiger partial charge is 0.222 e. The third-order valence-electron chi connectivity index (χ3n) is 2.67. The second-order valence-corrected chi connectivity index (χ2v) is 4.39. The Balaban J connectivity index is 2.33. The van der Waals surface area contributed by atoms with Gasteiger partial charge in [-0.05, 0) is 35.4 Å². The molecule has 1 aromatic heterocycles. The Hall–Kier alpha value is -1.91. The molecule has 0 saturated carbocycles. The van der Waals surface area contributed by atoms with E-state index in [0.717, 1.165) is 16.9 Å². The lowest BCUT2D eigenvalue weighted by Gasteiger charge is -2.10. The molecule has 0 amide bonds. The Labute approximate surface area is 123 Å². The summed E-state index contributed by atoms with van der Waals surface area (Å²) in [5.41, 5.74) is 2.60. The molecule has 0 fully saturated rings. The number of hydrogen-bond donors (Lipinski definition) is 0. The van der Waals surface area contributed by atoms with E-state index in [1.165, 1.54) is 0 Å². The molecular formula is C15H15ClN2O2. The summed E-state index contributed by atoms with van der Waals surface area (Å²) in [4.78, 5) is 8.09. The number of rotatable bonds is 6. The summed E-state index contributed by atoms with van der Waals surface area (Å²) < 4.78 is 10.8. The van der Waals surface area contributed by atoms with Crippen molar-refractivity contribution in [1.82, 2.24) is 9.97 Å². The zero-order valence-corrected chi connectivity index (χ0v) is 11.9. The Morgan fingerprint density at radius 2 is 2.20 bits per heavy atom. The Morgan fingerprint density at radius 3 is 2.90 bits per heavy atom. The van der Waals surface area contributed by atoms with Crippen molar-refractivity contribution in [3.63, 3.8) is 0 Å². The maximum absolute atomic E-state index is 5.83. The minimum Gasteiger partial charge on any atom is -0.496 e. The van der Waals surface area contributed by atoms with Crippen LogP contribution in [0.4, 0.5) is 0 Å². The van der Waals surface area contributed by atoms with Crippen molar-refractivity contribution >= 4 is 11.6 Å². The number of aromatic nitrogens is 2. The van der Waals surface area contributed by atoms with E-state index >= 15 is 0 Å². The normalized spacial score (nSPS) is 10.3. The highest BCUT2D eigenvalue weighted by Crippen LogP contribution is 2.30. The molecule has 20 heavy (non-hydrogen) atoms. The van der Waals surface area contributed by atoms with Gasteiger partial charge in [-0.3, -0.25) is 0 Å². The van der Waals surface area contributed by atoms with Crippen molar-refractivity contribution < 1.29 is 9.47 Å². The van der Waals surface area contributed by atoms with Gasteiger partial charge in [0.2, 0.25) is 5.28 Å². The molecule has 0 bridgehead atoms. The van der Waals surface area contributed by atoms with Gasteiger partial charge in [0.25, 0.3) is 0 Å². The largest absolute Gasteiger partial charge is 0.496 e. The molecule has 2 rings (SSSR count). The second kappa shape index (κ2) is 7.03. The van der Waals surface area contributed by atoms with Gasteiger partial charge >= 0.3 is 0 Å². The first kappa shape index (κ1) is 14.5. The first-order valence-electron chi connectivity index (χ1n) is 6.09. The third kappa shape index (κ3) is 3.56. The van der Waals surface area contributed by atoms with E-state index in [1.807, 2.05) is 18.2 Å². The van der Waals surface area contributed by atoms with Crippen LogP contribution in [0.2, 0.25) is 5.28 Å². The van der Waals surface area contributed by atoms with E-state index in [-0.39, 0.29) is 5.28 Å². The molecule has 0 radical (unpaired) electrons. The van der Waals surface area contributed by atoms with Gasteiger partial charge in [-0.25, -0.2) is 9.97 Å². The highest BCUT2D eigenvalue weighted by Gasteiger charge is 2.09. The molecule has 0 spiro atoms. The number of hydrogen-bond acceptors (Lipinski definition) is 4. The van der Waals surface area contributed by atoms with Crippen molar-refractivity contribution in [2.24, 2.45) is 0 Å². The molecular weight excluding hydrogens is 276 g/mol. The van der Waals surface area contributed by atoms with Gasteiger partial charge in [-0.2, -0.15) is 0 Å². The van der Waals surface area contributed by atoms with Crippen LogP contribution in [-0.4, -0.2) is 23.7 Å². The molecule has 0 aliphatic rings. The third-order valence-corrected chi connectivity index (χ3v) is 2.85. The second-order valence-electron chi connectivity index (χ2n) is 4.05. The predicted molar refractivity (Wildman–Crippen MR) is 78.9 cm³/mol. The summed E-state index contributed by atoms with van der Waals surface area (Å²) in [6.07, 6.45) is 3.33. The van der Waals surface area contributed by atoms with Gasteiger partial charge in [0.15, 0.2) is 0 Å². The average molecular weight is 291 g/mol. The van der Waals surface area contributed by atoms with E-state index in [0.29, 0.717) is 18.9 Å². The minimum absolute atomic E-state index is 0.206. The predicted octanol–water partition coefficient (Wildman–Crippen LogP) is 3.51. The van der Waals surface area contributed by atoms with Gasteiger partial charge in [0.1, 0.15) is 5.75 Å². The van der Waals surface area contributed by atoms with Gasteiger partial charge in [-0.15, -0.1) is 6.58 Å². The van der Waals surface area contributed by atoms with Crippen LogP contribution in [0, 0.1) is 0 Å². The summed E-state index contributed by atoms with van der Waals surface area (Å²) in [5.74, 6) is 0.729. The van der Waals surface area contributed by atoms with Crippen molar-refractivity contribution in [2.75, 3.05) is 13.7 Å².